The zero-order valence-corrected chi connectivity index (χ0v) is 13.0. The first-order valence-corrected chi connectivity index (χ1v) is 7.08. The summed E-state index contributed by atoms with van der Waals surface area (Å²) in [6, 6.07) is 5.82. The normalized spacial score (nSPS) is 16.1. The third-order valence-corrected chi connectivity index (χ3v) is 3.52. The van der Waals surface area contributed by atoms with Gasteiger partial charge in [0.2, 0.25) is 0 Å². The number of nitrogens with two attached hydrogens (primary N) is 1. The molecular weight excluding hydrogens is 308 g/mol. The van der Waals surface area contributed by atoms with Gasteiger partial charge in [0.1, 0.15) is 5.60 Å². The molecule has 0 spiro atoms. The fourth-order valence-corrected chi connectivity index (χ4v) is 2.43. The molecular formula is C14H19BrN2O2. The Kier molecular flexibility index (Phi) is 3.76. The molecule has 1 fully saturated rings. The van der Waals surface area contributed by atoms with Gasteiger partial charge in [-0.15, -0.1) is 0 Å². The second-order valence-electron chi connectivity index (χ2n) is 5.86. The Hall–Kier alpha value is -1.23. The van der Waals surface area contributed by atoms with E-state index in [0.717, 1.165) is 15.7 Å². The minimum Gasteiger partial charge on any atom is -0.444 e. The third kappa shape index (κ3) is 3.41. The van der Waals surface area contributed by atoms with E-state index in [1.807, 2.05) is 39.0 Å². The lowest BCUT2D eigenvalue weighted by Crippen LogP contribution is -2.50. The molecule has 0 unspecified atom stereocenters. The van der Waals surface area contributed by atoms with Crippen LogP contribution in [-0.2, 0) is 4.74 Å². The van der Waals surface area contributed by atoms with Crippen molar-refractivity contribution < 1.29 is 9.53 Å². The van der Waals surface area contributed by atoms with E-state index in [1.165, 1.54) is 0 Å². The van der Waals surface area contributed by atoms with Gasteiger partial charge >= 0.3 is 6.09 Å². The van der Waals surface area contributed by atoms with E-state index in [2.05, 4.69) is 15.9 Å². The van der Waals surface area contributed by atoms with Crippen molar-refractivity contribution in [1.29, 1.82) is 0 Å². The van der Waals surface area contributed by atoms with Gasteiger partial charge in [-0.1, -0.05) is 15.9 Å². The van der Waals surface area contributed by atoms with Crippen molar-refractivity contribution in [2.24, 2.45) is 0 Å². The van der Waals surface area contributed by atoms with Crippen LogP contribution < -0.4 is 5.73 Å². The van der Waals surface area contributed by atoms with Crippen LogP contribution >= 0.6 is 15.9 Å². The van der Waals surface area contributed by atoms with Crippen LogP contribution in [-0.4, -0.2) is 29.7 Å². The molecule has 0 saturated carbocycles. The number of ether oxygens (including phenoxy) is 1. The highest BCUT2D eigenvalue weighted by atomic mass is 79.9. The van der Waals surface area contributed by atoms with E-state index in [0.29, 0.717) is 19.0 Å². The molecule has 1 saturated heterocycles. The second kappa shape index (κ2) is 5.04. The number of carbonyl (C=O) groups excluding carboxylic acids is 1. The molecule has 2 rings (SSSR count). The molecule has 0 atom stereocenters. The number of anilines is 1. The number of halogens is 1. The summed E-state index contributed by atoms with van der Waals surface area (Å²) in [6.07, 6.45) is -0.252. The van der Waals surface area contributed by atoms with Crippen LogP contribution in [0.1, 0.15) is 32.3 Å². The van der Waals surface area contributed by atoms with Crippen LogP contribution in [0.4, 0.5) is 10.5 Å². The zero-order chi connectivity index (χ0) is 14.2. The molecule has 1 aromatic rings. The summed E-state index contributed by atoms with van der Waals surface area (Å²) in [4.78, 5) is 13.5. The Balaban J connectivity index is 1.96. The van der Waals surface area contributed by atoms with Crippen molar-refractivity contribution in [1.82, 2.24) is 4.90 Å². The molecule has 0 aliphatic carbocycles. The zero-order valence-electron chi connectivity index (χ0n) is 11.4. The molecule has 1 heterocycles. The van der Waals surface area contributed by atoms with Crippen LogP contribution in [0.2, 0.25) is 0 Å². The highest BCUT2D eigenvalue weighted by Crippen LogP contribution is 2.33. The molecule has 1 amide bonds. The minimum absolute atomic E-state index is 0.252. The second-order valence-corrected chi connectivity index (χ2v) is 6.77. The molecule has 0 aromatic heterocycles. The fourth-order valence-electron chi connectivity index (χ4n) is 2.05. The number of hydrogen-bond acceptors (Lipinski definition) is 3. The van der Waals surface area contributed by atoms with Gasteiger partial charge in [-0.2, -0.15) is 0 Å². The van der Waals surface area contributed by atoms with Crippen molar-refractivity contribution in [2.45, 2.75) is 32.3 Å². The monoisotopic (exact) mass is 326 g/mol. The van der Waals surface area contributed by atoms with E-state index in [1.54, 1.807) is 4.90 Å². The molecule has 0 radical (unpaired) electrons. The van der Waals surface area contributed by atoms with Crippen molar-refractivity contribution in [3.63, 3.8) is 0 Å². The molecule has 1 aliphatic heterocycles. The molecule has 104 valence electrons. The summed E-state index contributed by atoms with van der Waals surface area (Å²) >= 11 is 3.44. The van der Waals surface area contributed by atoms with Crippen LogP contribution in [0.15, 0.2) is 22.7 Å². The van der Waals surface area contributed by atoms with Crippen LogP contribution in [0, 0.1) is 0 Å². The molecule has 2 N–H and O–H groups in total. The lowest BCUT2D eigenvalue weighted by molar-refractivity contribution is 0.00824. The molecule has 1 aliphatic rings. The molecule has 19 heavy (non-hydrogen) atoms. The fraction of sp³-hybridized carbons (Fsp3) is 0.500. The Bertz CT molecular complexity index is 491. The van der Waals surface area contributed by atoms with Gasteiger partial charge in [0.05, 0.1) is 0 Å². The smallest absolute Gasteiger partial charge is 0.410 e. The quantitative estimate of drug-likeness (QED) is 0.805. The largest absolute Gasteiger partial charge is 0.444 e. The van der Waals surface area contributed by atoms with Gasteiger partial charge in [0, 0.05) is 29.2 Å². The summed E-state index contributed by atoms with van der Waals surface area (Å²) in [6.45, 7) is 6.93. The third-order valence-electron chi connectivity index (χ3n) is 3.02. The van der Waals surface area contributed by atoms with Gasteiger partial charge in [-0.3, -0.25) is 0 Å². The lowest BCUT2D eigenvalue weighted by atomic mass is 9.91. The summed E-state index contributed by atoms with van der Waals surface area (Å²) in [5.74, 6) is 0.296. The Morgan fingerprint density at radius 3 is 2.63 bits per heavy atom. The minimum atomic E-state index is -0.447. The van der Waals surface area contributed by atoms with E-state index in [4.69, 9.17) is 10.5 Å². The highest BCUT2D eigenvalue weighted by molar-refractivity contribution is 9.10. The number of nitrogens with zero attached hydrogens (tertiary/aromatic N) is 1. The summed E-state index contributed by atoms with van der Waals surface area (Å²) in [5, 5.41) is 0. The van der Waals surface area contributed by atoms with Crippen molar-refractivity contribution in [3.05, 3.63) is 28.2 Å². The average molecular weight is 327 g/mol. The summed E-state index contributed by atoms with van der Waals surface area (Å²) < 4.78 is 6.33. The number of amides is 1. The van der Waals surface area contributed by atoms with Crippen LogP contribution in [0.25, 0.3) is 0 Å². The maximum Gasteiger partial charge on any atom is 0.410 e. The Morgan fingerprint density at radius 1 is 1.42 bits per heavy atom. The van der Waals surface area contributed by atoms with E-state index in [9.17, 15) is 4.79 Å². The molecule has 0 bridgehead atoms. The number of rotatable bonds is 1. The van der Waals surface area contributed by atoms with Crippen LogP contribution in [0.5, 0.6) is 0 Å². The van der Waals surface area contributed by atoms with E-state index < -0.39 is 5.60 Å². The first-order valence-electron chi connectivity index (χ1n) is 6.29. The lowest BCUT2D eigenvalue weighted by Gasteiger charge is -2.40. The first kappa shape index (κ1) is 14.2. The van der Waals surface area contributed by atoms with Gasteiger partial charge in [0.25, 0.3) is 0 Å². The highest BCUT2D eigenvalue weighted by Gasteiger charge is 2.35. The summed E-state index contributed by atoms with van der Waals surface area (Å²) in [5.41, 5.74) is 7.39. The van der Waals surface area contributed by atoms with Gasteiger partial charge in [-0.25, -0.2) is 4.79 Å². The Morgan fingerprint density at radius 2 is 2.05 bits per heavy atom. The number of nitrogen functional groups attached to an aromatic ring is 1. The molecule has 5 heteroatoms. The predicted octanol–water partition coefficient (Wildman–Crippen LogP) is 3.37. The van der Waals surface area contributed by atoms with E-state index >= 15 is 0 Å². The maximum atomic E-state index is 11.8. The van der Waals surface area contributed by atoms with Gasteiger partial charge in [-0.05, 0) is 44.5 Å². The Labute approximate surface area is 122 Å². The van der Waals surface area contributed by atoms with Crippen LogP contribution in [0.3, 0.4) is 0 Å². The van der Waals surface area contributed by atoms with Crippen molar-refractivity contribution in [2.75, 3.05) is 18.8 Å². The van der Waals surface area contributed by atoms with Crippen molar-refractivity contribution in [3.8, 4) is 0 Å². The van der Waals surface area contributed by atoms with Gasteiger partial charge < -0.3 is 15.4 Å². The van der Waals surface area contributed by atoms with Gasteiger partial charge in [0.15, 0.2) is 0 Å². The number of likely N-dealkylation sites (tertiary alicyclic amines) is 1. The molecule has 1 aromatic carbocycles. The summed E-state index contributed by atoms with van der Waals surface area (Å²) in [7, 11) is 0. The van der Waals surface area contributed by atoms with Crippen molar-refractivity contribution >= 4 is 27.7 Å². The predicted molar refractivity (Wildman–Crippen MR) is 79.1 cm³/mol. The number of hydrogen-bond donors (Lipinski definition) is 1. The first-order chi connectivity index (χ1) is 8.76. The topological polar surface area (TPSA) is 55.6 Å². The maximum absolute atomic E-state index is 11.8. The van der Waals surface area contributed by atoms with E-state index in [-0.39, 0.29) is 6.09 Å². The average Bonchev–Trinajstić information content (AvgIpc) is 2.18. The molecule has 4 nitrogen and oxygen atoms in total. The standard InChI is InChI=1S/C14H19BrN2O2/c1-14(2,3)19-13(18)17-7-9(8-17)11-6-10(15)4-5-12(11)16/h4-6,9H,7-8,16H2,1-3H3. The number of benzene rings is 1. The number of carbonyl (C=O) groups is 1. The SMILES string of the molecule is CC(C)(C)OC(=O)N1CC(c2cc(Br)ccc2N)C1.